The van der Waals surface area contributed by atoms with E-state index >= 15 is 0 Å². The Labute approximate surface area is 88.6 Å². The van der Waals surface area contributed by atoms with Crippen LogP contribution in [0.25, 0.3) is 0 Å². The lowest BCUT2D eigenvalue weighted by molar-refractivity contribution is 0.181. The molecule has 0 fully saturated rings. The van der Waals surface area contributed by atoms with Gasteiger partial charge in [-0.15, -0.1) is 0 Å². The summed E-state index contributed by atoms with van der Waals surface area (Å²) in [5.41, 5.74) is 5.60. The number of nitrogens with zero attached hydrogens (tertiary/aromatic N) is 1. The fourth-order valence-electron chi connectivity index (χ4n) is 1.48. The van der Waals surface area contributed by atoms with E-state index in [1.165, 1.54) is 13.0 Å². The second-order valence-electron chi connectivity index (χ2n) is 3.93. The van der Waals surface area contributed by atoms with Crippen molar-refractivity contribution in [1.29, 1.82) is 0 Å². The molecule has 0 aliphatic heterocycles. The van der Waals surface area contributed by atoms with Crippen molar-refractivity contribution in [2.75, 3.05) is 39.9 Å². The smallest absolute Gasteiger partial charge is 0.0462 e. The zero-order valence-electron chi connectivity index (χ0n) is 9.96. The number of nitrogens with two attached hydrogens (primary N) is 1. The molecule has 1 atom stereocenters. The zero-order chi connectivity index (χ0) is 10.8. The molecular formula is C11H26N2O. The van der Waals surface area contributed by atoms with Gasteiger partial charge in [0.15, 0.2) is 0 Å². The van der Waals surface area contributed by atoms with Crippen molar-refractivity contribution in [1.82, 2.24) is 4.90 Å². The van der Waals surface area contributed by atoms with Crippen molar-refractivity contribution < 1.29 is 4.74 Å². The minimum Gasteiger partial charge on any atom is -0.385 e. The van der Waals surface area contributed by atoms with Gasteiger partial charge < -0.3 is 15.4 Å². The van der Waals surface area contributed by atoms with Gasteiger partial charge in [-0.2, -0.15) is 0 Å². The van der Waals surface area contributed by atoms with E-state index in [9.17, 15) is 0 Å². The van der Waals surface area contributed by atoms with Gasteiger partial charge >= 0.3 is 0 Å². The molecule has 0 aromatic rings. The molecule has 1 unspecified atom stereocenters. The molecule has 0 rings (SSSR count). The molecule has 3 heteroatoms. The van der Waals surface area contributed by atoms with Gasteiger partial charge in [-0.25, -0.2) is 0 Å². The maximum absolute atomic E-state index is 5.60. The normalized spacial score (nSPS) is 13.5. The lowest BCUT2D eigenvalue weighted by atomic mass is 10.1. The second kappa shape index (κ2) is 9.44. The van der Waals surface area contributed by atoms with Crippen LogP contribution in [0.15, 0.2) is 0 Å². The molecule has 3 nitrogen and oxygen atoms in total. The molecule has 0 aromatic heterocycles. The first-order chi connectivity index (χ1) is 6.74. The largest absolute Gasteiger partial charge is 0.385 e. The molecule has 0 heterocycles. The Hall–Kier alpha value is -0.120. The Morgan fingerprint density at radius 2 is 2.07 bits per heavy atom. The lowest BCUT2D eigenvalue weighted by Crippen LogP contribution is -2.32. The summed E-state index contributed by atoms with van der Waals surface area (Å²) in [6.07, 6.45) is 2.38. The molecule has 0 saturated heterocycles. The zero-order valence-corrected chi connectivity index (χ0v) is 9.96. The molecule has 0 bridgehead atoms. The Balaban J connectivity index is 3.47. The topological polar surface area (TPSA) is 38.5 Å². The summed E-state index contributed by atoms with van der Waals surface area (Å²) in [5, 5.41) is 0. The van der Waals surface area contributed by atoms with Gasteiger partial charge in [0.05, 0.1) is 0 Å². The van der Waals surface area contributed by atoms with E-state index in [0.717, 1.165) is 32.7 Å². The Morgan fingerprint density at radius 1 is 1.36 bits per heavy atom. The molecule has 0 aromatic carbocycles. The van der Waals surface area contributed by atoms with E-state index in [-0.39, 0.29) is 0 Å². The Bertz CT molecular complexity index is 120. The number of unbranched alkanes of at least 4 members (excludes halogenated alkanes) is 1. The van der Waals surface area contributed by atoms with Gasteiger partial charge in [-0.3, -0.25) is 0 Å². The maximum Gasteiger partial charge on any atom is 0.0462 e. The summed E-state index contributed by atoms with van der Waals surface area (Å²) >= 11 is 0. The number of methoxy groups -OCH3 is 1. The van der Waals surface area contributed by atoms with Crippen molar-refractivity contribution in [2.24, 2.45) is 11.7 Å². The average molecular weight is 202 g/mol. The molecule has 0 amide bonds. The van der Waals surface area contributed by atoms with Gasteiger partial charge in [0.1, 0.15) is 0 Å². The van der Waals surface area contributed by atoms with Crippen LogP contribution in [0, 0.1) is 5.92 Å². The van der Waals surface area contributed by atoms with Gasteiger partial charge in [0.25, 0.3) is 0 Å². The molecular weight excluding hydrogens is 176 g/mol. The van der Waals surface area contributed by atoms with Crippen LogP contribution < -0.4 is 5.73 Å². The Morgan fingerprint density at radius 3 is 2.57 bits per heavy atom. The van der Waals surface area contributed by atoms with E-state index in [2.05, 4.69) is 18.7 Å². The van der Waals surface area contributed by atoms with Crippen molar-refractivity contribution >= 4 is 0 Å². The molecule has 2 N–H and O–H groups in total. The van der Waals surface area contributed by atoms with Crippen LogP contribution >= 0.6 is 0 Å². The molecule has 86 valence electrons. The maximum atomic E-state index is 5.60. The fraction of sp³-hybridized carbons (Fsp3) is 1.00. The highest BCUT2D eigenvalue weighted by Crippen LogP contribution is 2.00. The number of hydrogen-bond acceptors (Lipinski definition) is 3. The summed E-state index contributed by atoms with van der Waals surface area (Å²) in [7, 11) is 1.76. The first-order valence-corrected chi connectivity index (χ1v) is 5.65. The van der Waals surface area contributed by atoms with E-state index < -0.39 is 0 Å². The van der Waals surface area contributed by atoms with Crippen molar-refractivity contribution in [3.8, 4) is 0 Å². The predicted octanol–water partition coefficient (Wildman–Crippen LogP) is 1.33. The van der Waals surface area contributed by atoms with E-state index in [1.54, 1.807) is 7.11 Å². The van der Waals surface area contributed by atoms with Crippen LogP contribution in [-0.2, 0) is 4.74 Å². The average Bonchev–Trinajstić information content (AvgIpc) is 2.22. The van der Waals surface area contributed by atoms with E-state index in [0.29, 0.717) is 5.92 Å². The van der Waals surface area contributed by atoms with E-state index in [4.69, 9.17) is 10.5 Å². The van der Waals surface area contributed by atoms with Crippen LogP contribution in [0.4, 0.5) is 0 Å². The summed E-state index contributed by atoms with van der Waals surface area (Å²) < 4.78 is 5.02. The molecule has 0 aliphatic rings. The summed E-state index contributed by atoms with van der Waals surface area (Å²) in [5.74, 6) is 0.609. The highest BCUT2D eigenvalue weighted by atomic mass is 16.5. The number of rotatable bonds is 9. The predicted molar refractivity (Wildman–Crippen MR) is 61.4 cm³/mol. The summed E-state index contributed by atoms with van der Waals surface area (Å²) in [6, 6.07) is 0. The van der Waals surface area contributed by atoms with Crippen LogP contribution in [0.5, 0.6) is 0 Å². The first-order valence-electron chi connectivity index (χ1n) is 5.65. The SMILES string of the molecule is CCN(CCCCOC)CC(C)CN. The van der Waals surface area contributed by atoms with Gasteiger partial charge in [0, 0.05) is 20.3 Å². The first kappa shape index (κ1) is 13.9. The summed E-state index contributed by atoms with van der Waals surface area (Å²) in [4.78, 5) is 2.47. The van der Waals surface area contributed by atoms with Crippen molar-refractivity contribution in [3.05, 3.63) is 0 Å². The fourth-order valence-corrected chi connectivity index (χ4v) is 1.48. The molecule has 14 heavy (non-hydrogen) atoms. The minimum absolute atomic E-state index is 0.609. The van der Waals surface area contributed by atoms with Crippen LogP contribution in [0.3, 0.4) is 0 Å². The number of ether oxygens (including phenoxy) is 1. The third-order valence-electron chi connectivity index (χ3n) is 2.49. The highest BCUT2D eigenvalue weighted by molar-refractivity contribution is 4.61. The van der Waals surface area contributed by atoms with Gasteiger partial charge in [-0.05, 0) is 38.4 Å². The van der Waals surface area contributed by atoms with Gasteiger partial charge in [0.2, 0.25) is 0 Å². The van der Waals surface area contributed by atoms with Crippen molar-refractivity contribution in [2.45, 2.75) is 26.7 Å². The minimum atomic E-state index is 0.609. The van der Waals surface area contributed by atoms with Crippen LogP contribution in [0.2, 0.25) is 0 Å². The number of hydrogen-bond donors (Lipinski definition) is 1. The van der Waals surface area contributed by atoms with Gasteiger partial charge in [-0.1, -0.05) is 13.8 Å². The van der Waals surface area contributed by atoms with Crippen LogP contribution in [-0.4, -0.2) is 44.8 Å². The third-order valence-corrected chi connectivity index (χ3v) is 2.49. The monoisotopic (exact) mass is 202 g/mol. The molecule has 0 spiro atoms. The summed E-state index contributed by atoms with van der Waals surface area (Å²) in [6.45, 7) is 9.50. The second-order valence-corrected chi connectivity index (χ2v) is 3.93. The Kier molecular flexibility index (Phi) is 9.35. The molecule has 0 aliphatic carbocycles. The lowest BCUT2D eigenvalue weighted by Gasteiger charge is -2.23. The third kappa shape index (κ3) is 7.30. The van der Waals surface area contributed by atoms with Crippen LogP contribution in [0.1, 0.15) is 26.7 Å². The van der Waals surface area contributed by atoms with E-state index in [1.807, 2.05) is 0 Å². The molecule has 0 saturated carbocycles. The molecule has 0 radical (unpaired) electrons. The quantitative estimate of drug-likeness (QED) is 0.573. The van der Waals surface area contributed by atoms with Crippen molar-refractivity contribution in [3.63, 3.8) is 0 Å². The standard InChI is InChI=1S/C11H26N2O/c1-4-13(10-11(2)9-12)7-5-6-8-14-3/h11H,4-10,12H2,1-3H3. The highest BCUT2D eigenvalue weighted by Gasteiger charge is 2.06.